The summed E-state index contributed by atoms with van der Waals surface area (Å²) in [6, 6.07) is 13.6. The van der Waals surface area contributed by atoms with Gasteiger partial charge in [-0.3, -0.25) is 0 Å². The third-order valence-electron chi connectivity index (χ3n) is 3.28. The Kier molecular flexibility index (Phi) is 5.86. The van der Waals surface area contributed by atoms with Gasteiger partial charge in [0.05, 0.1) is 12.8 Å². The fourth-order valence-corrected chi connectivity index (χ4v) is 2.05. The summed E-state index contributed by atoms with van der Waals surface area (Å²) in [4.78, 5) is 8.81. The summed E-state index contributed by atoms with van der Waals surface area (Å²) in [6.07, 6.45) is 5.74. The van der Waals surface area contributed by atoms with Crippen LogP contribution in [-0.4, -0.2) is 17.1 Å². The number of nitrogens with zero attached hydrogens (tertiary/aromatic N) is 3. The maximum absolute atomic E-state index is 5.14. The summed E-state index contributed by atoms with van der Waals surface area (Å²) >= 11 is 0. The van der Waals surface area contributed by atoms with Crippen LogP contribution in [0.3, 0.4) is 0 Å². The molecule has 23 heavy (non-hydrogen) atoms. The first kappa shape index (κ1) is 17.1. The van der Waals surface area contributed by atoms with Gasteiger partial charge in [-0.05, 0) is 30.3 Å². The number of ether oxygens (including phenoxy) is 1. The first-order chi connectivity index (χ1) is 10.7. The van der Waals surface area contributed by atoms with E-state index in [-0.39, 0.29) is 24.0 Å². The fourth-order valence-electron chi connectivity index (χ4n) is 2.05. The van der Waals surface area contributed by atoms with E-state index in [1.165, 1.54) is 0 Å². The average Bonchev–Trinajstić information content (AvgIpc) is 2.56. The number of rotatable bonds is 4. The third kappa shape index (κ3) is 4.38. The predicted octanol–water partition coefficient (Wildman–Crippen LogP) is -0.276. The zero-order valence-corrected chi connectivity index (χ0v) is 15.1. The highest BCUT2D eigenvalue weighted by molar-refractivity contribution is 5.61. The zero-order valence-electron chi connectivity index (χ0n) is 12.9. The van der Waals surface area contributed by atoms with Crippen LogP contribution < -0.4 is 38.6 Å². The lowest BCUT2D eigenvalue weighted by Crippen LogP contribution is -3.00. The van der Waals surface area contributed by atoms with E-state index in [4.69, 9.17) is 4.74 Å². The van der Waals surface area contributed by atoms with Crippen LogP contribution in [0.25, 0.3) is 11.3 Å². The molecule has 0 amide bonds. The maximum Gasteiger partial charge on any atom is 0.227 e. The molecule has 2 aromatic heterocycles. The van der Waals surface area contributed by atoms with Gasteiger partial charge in [0.15, 0.2) is 12.4 Å². The highest BCUT2D eigenvalue weighted by atomic mass is 127. The summed E-state index contributed by atoms with van der Waals surface area (Å²) in [5.41, 5.74) is 2.85. The van der Waals surface area contributed by atoms with Gasteiger partial charge in [-0.15, -0.1) is 0 Å². The Morgan fingerprint density at radius 3 is 2.35 bits per heavy atom. The van der Waals surface area contributed by atoms with Gasteiger partial charge in [0.2, 0.25) is 5.95 Å². The number of anilines is 2. The second kappa shape index (κ2) is 7.87. The third-order valence-corrected chi connectivity index (χ3v) is 3.28. The topological polar surface area (TPSA) is 50.9 Å². The van der Waals surface area contributed by atoms with E-state index in [9.17, 15) is 0 Å². The number of methoxy groups -OCH3 is 1. The molecule has 1 aromatic carbocycles. The second-order valence-electron chi connectivity index (χ2n) is 4.87. The number of nitrogens with one attached hydrogen (secondary N) is 1. The Balaban J connectivity index is 0.00000192. The van der Waals surface area contributed by atoms with Crippen molar-refractivity contribution in [2.45, 2.75) is 0 Å². The molecule has 118 valence electrons. The Morgan fingerprint density at radius 1 is 1.00 bits per heavy atom. The largest absolute Gasteiger partial charge is 1.00 e. The average molecular weight is 420 g/mol. The quantitative estimate of drug-likeness (QED) is 0.467. The lowest BCUT2D eigenvalue weighted by molar-refractivity contribution is -0.671. The number of halogens is 1. The first-order valence-electron chi connectivity index (χ1n) is 6.94. The lowest BCUT2D eigenvalue weighted by Gasteiger charge is -2.07. The van der Waals surface area contributed by atoms with Crippen molar-refractivity contribution in [2.24, 2.45) is 7.05 Å². The van der Waals surface area contributed by atoms with Crippen molar-refractivity contribution in [1.29, 1.82) is 0 Å². The molecular weight excluding hydrogens is 403 g/mol. The van der Waals surface area contributed by atoms with Crippen LogP contribution in [0.2, 0.25) is 0 Å². The van der Waals surface area contributed by atoms with Crippen LogP contribution in [0.5, 0.6) is 5.75 Å². The first-order valence-corrected chi connectivity index (χ1v) is 6.94. The summed E-state index contributed by atoms with van der Waals surface area (Å²) < 4.78 is 7.13. The second-order valence-corrected chi connectivity index (χ2v) is 4.87. The number of benzene rings is 1. The molecule has 0 aliphatic heterocycles. The van der Waals surface area contributed by atoms with Gasteiger partial charge in [0.1, 0.15) is 12.8 Å². The van der Waals surface area contributed by atoms with E-state index in [2.05, 4.69) is 15.3 Å². The molecule has 1 N–H and O–H groups in total. The van der Waals surface area contributed by atoms with Crippen LogP contribution in [0.4, 0.5) is 11.6 Å². The van der Waals surface area contributed by atoms with Crippen LogP contribution in [-0.2, 0) is 7.05 Å². The molecule has 0 spiro atoms. The van der Waals surface area contributed by atoms with Crippen molar-refractivity contribution in [3.8, 4) is 17.0 Å². The molecule has 0 bridgehead atoms. The number of pyridine rings is 1. The molecule has 0 aliphatic rings. The van der Waals surface area contributed by atoms with E-state index in [1.807, 2.05) is 66.5 Å². The van der Waals surface area contributed by atoms with Gasteiger partial charge in [-0.25, -0.2) is 14.5 Å². The standard InChI is InChI=1S/C17H17N4O.HI/c1-21-11-8-13(9-12-21)16-7-10-18-17(20-16)19-14-3-5-15(22-2)6-4-14;/h3-12H,1-2H3,(H,18,19,20);1H/q+1;/p-1. The molecule has 0 unspecified atom stereocenters. The van der Waals surface area contributed by atoms with Crippen LogP contribution in [0.1, 0.15) is 0 Å². The molecule has 0 atom stereocenters. The maximum atomic E-state index is 5.14. The molecule has 3 rings (SSSR count). The number of aromatic nitrogens is 3. The van der Waals surface area contributed by atoms with E-state index < -0.39 is 0 Å². The summed E-state index contributed by atoms with van der Waals surface area (Å²) in [5, 5.41) is 3.19. The van der Waals surface area contributed by atoms with Crippen molar-refractivity contribution in [3.63, 3.8) is 0 Å². The molecule has 3 aromatic rings. The van der Waals surface area contributed by atoms with Crippen LogP contribution in [0, 0.1) is 0 Å². The number of aryl methyl sites for hydroxylation is 1. The smallest absolute Gasteiger partial charge is 0.227 e. The van der Waals surface area contributed by atoms with Gasteiger partial charge in [-0.2, -0.15) is 0 Å². The molecular formula is C17H17IN4O. The molecule has 0 saturated carbocycles. The number of hydrogen-bond donors (Lipinski definition) is 1. The monoisotopic (exact) mass is 420 g/mol. The Labute approximate surface area is 152 Å². The van der Waals surface area contributed by atoms with Crippen molar-refractivity contribution < 1.29 is 33.3 Å². The summed E-state index contributed by atoms with van der Waals surface area (Å²) in [7, 11) is 3.63. The summed E-state index contributed by atoms with van der Waals surface area (Å²) in [6.45, 7) is 0. The Hall–Kier alpha value is -2.22. The van der Waals surface area contributed by atoms with Gasteiger partial charge >= 0.3 is 0 Å². The number of hydrogen-bond acceptors (Lipinski definition) is 4. The van der Waals surface area contributed by atoms with E-state index in [1.54, 1.807) is 13.3 Å². The van der Waals surface area contributed by atoms with Gasteiger partial charge in [-0.1, -0.05) is 0 Å². The van der Waals surface area contributed by atoms with E-state index in [0.29, 0.717) is 5.95 Å². The highest BCUT2D eigenvalue weighted by Crippen LogP contribution is 2.20. The molecule has 0 aliphatic carbocycles. The van der Waals surface area contributed by atoms with Crippen molar-refractivity contribution in [2.75, 3.05) is 12.4 Å². The minimum absolute atomic E-state index is 0. The molecule has 2 heterocycles. The predicted molar refractivity (Wildman–Crippen MR) is 84.9 cm³/mol. The molecule has 0 fully saturated rings. The summed E-state index contributed by atoms with van der Waals surface area (Å²) in [5.74, 6) is 1.38. The Morgan fingerprint density at radius 2 is 1.70 bits per heavy atom. The van der Waals surface area contributed by atoms with Crippen LogP contribution >= 0.6 is 0 Å². The van der Waals surface area contributed by atoms with Crippen molar-refractivity contribution in [3.05, 3.63) is 61.1 Å². The van der Waals surface area contributed by atoms with Gasteiger partial charge in [0.25, 0.3) is 0 Å². The van der Waals surface area contributed by atoms with Crippen LogP contribution in [0.15, 0.2) is 61.1 Å². The molecule has 0 radical (unpaired) electrons. The minimum Gasteiger partial charge on any atom is -1.00 e. The van der Waals surface area contributed by atoms with Crippen molar-refractivity contribution in [1.82, 2.24) is 9.97 Å². The lowest BCUT2D eigenvalue weighted by atomic mass is 10.2. The molecule has 5 nitrogen and oxygen atoms in total. The fraction of sp³-hybridized carbons (Fsp3) is 0.118. The molecule has 0 saturated heterocycles. The van der Waals surface area contributed by atoms with Gasteiger partial charge in [0, 0.05) is 29.6 Å². The SMILES string of the molecule is COc1ccc(Nc2nccc(-c3cc[n+](C)cc3)n2)cc1.[I-]. The highest BCUT2D eigenvalue weighted by Gasteiger charge is 2.04. The Bertz CT molecular complexity index is 760. The van der Waals surface area contributed by atoms with Crippen molar-refractivity contribution >= 4 is 11.6 Å². The van der Waals surface area contributed by atoms with E-state index >= 15 is 0 Å². The minimum atomic E-state index is 0. The normalized spacial score (nSPS) is 9.83. The molecule has 6 heteroatoms. The van der Waals surface area contributed by atoms with Gasteiger partial charge < -0.3 is 34.0 Å². The van der Waals surface area contributed by atoms with E-state index in [0.717, 1.165) is 22.7 Å². The zero-order chi connectivity index (χ0) is 15.4.